The summed E-state index contributed by atoms with van der Waals surface area (Å²) in [5.74, 6) is 0.989. The minimum atomic E-state index is -0.194. The van der Waals surface area contributed by atoms with Crippen LogP contribution in [-0.4, -0.2) is 27.7 Å². The molecular formula is C28H40ClNO2S. The lowest BCUT2D eigenvalue weighted by Gasteiger charge is -2.28. The smallest absolute Gasteiger partial charge is 0.153 e. The molecule has 0 bridgehead atoms. The maximum atomic E-state index is 10.2. The van der Waals surface area contributed by atoms with Gasteiger partial charge in [0.15, 0.2) is 4.93 Å². The van der Waals surface area contributed by atoms with Crippen molar-refractivity contribution in [3.63, 3.8) is 0 Å². The second-order valence-electron chi connectivity index (χ2n) is 9.88. The number of benzene rings is 2. The lowest BCUT2D eigenvalue weighted by atomic mass is 10.0. The number of likely N-dealkylation sites (tertiary alicyclic amines) is 1. The number of unbranched alkanes of at least 4 members (excludes halogenated alkanes) is 3. The number of fused-ring (bicyclic) bond motifs is 1. The lowest BCUT2D eigenvalue weighted by molar-refractivity contribution is 0.0596. The van der Waals surface area contributed by atoms with Crippen LogP contribution in [-0.2, 0) is 12.8 Å². The normalized spacial score (nSPS) is 21.5. The van der Waals surface area contributed by atoms with Gasteiger partial charge >= 0.3 is 0 Å². The minimum absolute atomic E-state index is 0. The fourth-order valence-electron chi connectivity index (χ4n) is 5.23. The van der Waals surface area contributed by atoms with Gasteiger partial charge in [0.2, 0.25) is 0 Å². The fraction of sp³-hybridized carbons (Fsp3) is 0.571. The van der Waals surface area contributed by atoms with Gasteiger partial charge in [0.05, 0.1) is 11.6 Å². The predicted molar refractivity (Wildman–Crippen MR) is 142 cm³/mol. The van der Waals surface area contributed by atoms with Crippen molar-refractivity contribution in [2.24, 2.45) is 0 Å². The molecule has 0 saturated carbocycles. The summed E-state index contributed by atoms with van der Waals surface area (Å²) in [4.78, 5) is 3.33. The van der Waals surface area contributed by atoms with Crippen molar-refractivity contribution in [3.8, 4) is 5.75 Å². The molecule has 1 saturated heterocycles. The molecule has 0 spiro atoms. The Hall–Kier alpha value is -1.20. The van der Waals surface area contributed by atoms with Crippen molar-refractivity contribution in [2.45, 2.75) is 100 Å². The molecule has 2 aliphatic heterocycles. The summed E-state index contributed by atoms with van der Waals surface area (Å²) in [5.41, 5.74) is 4.18. The summed E-state index contributed by atoms with van der Waals surface area (Å²) >= 11 is 1.79. The largest absolute Gasteiger partial charge is 0.476 e. The van der Waals surface area contributed by atoms with Gasteiger partial charge in [0.25, 0.3) is 0 Å². The standard InChI is InChI=1S/C28H39NO2S.ClH/c1-4-5-6-7-8-21-9-11-22(12-10-21)13-15-24-16-17-25(29(24)20-30)23-14-18-26-27(19-23)32-28(2,3)31-26;/h9-12,14,18-19,24-25,30H,4-8,13,15-17,20H2,1-3H3;1H. The van der Waals surface area contributed by atoms with Crippen molar-refractivity contribution >= 4 is 24.2 Å². The molecule has 2 aromatic carbocycles. The van der Waals surface area contributed by atoms with Crippen LogP contribution in [0, 0.1) is 0 Å². The van der Waals surface area contributed by atoms with Crippen LogP contribution in [0.5, 0.6) is 5.75 Å². The molecule has 0 amide bonds. The van der Waals surface area contributed by atoms with Crippen LogP contribution in [0.4, 0.5) is 0 Å². The summed E-state index contributed by atoms with van der Waals surface area (Å²) in [7, 11) is 0. The zero-order chi connectivity index (χ0) is 22.6. The van der Waals surface area contributed by atoms with Gasteiger partial charge in [-0.1, -0.05) is 68.3 Å². The molecule has 2 heterocycles. The van der Waals surface area contributed by atoms with Gasteiger partial charge in [-0.3, -0.25) is 4.90 Å². The molecule has 3 nitrogen and oxygen atoms in total. The number of aryl methyl sites for hydroxylation is 2. The van der Waals surface area contributed by atoms with E-state index in [0.717, 1.165) is 31.4 Å². The number of nitrogens with zero attached hydrogens (tertiary/aromatic N) is 1. The van der Waals surface area contributed by atoms with Crippen LogP contribution < -0.4 is 4.74 Å². The Labute approximate surface area is 210 Å². The summed E-state index contributed by atoms with van der Waals surface area (Å²) in [6.45, 7) is 6.61. The highest BCUT2D eigenvalue weighted by atomic mass is 35.5. The third kappa shape index (κ3) is 6.69. The quantitative estimate of drug-likeness (QED) is 0.349. The lowest BCUT2D eigenvalue weighted by Crippen LogP contribution is -2.32. The summed E-state index contributed by atoms with van der Waals surface area (Å²) in [6, 6.07) is 16.6. The highest BCUT2D eigenvalue weighted by molar-refractivity contribution is 8.00. The minimum Gasteiger partial charge on any atom is -0.476 e. The maximum Gasteiger partial charge on any atom is 0.153 e. The van der Waals surface area contributed by atoms with Gasteiger partial charge < -0.3 is 9.84 Å². The van der Waals surface area contributed by atoms with Crippen molar-refractivity contribution < 1.29 is 9.84 Å². The summed E-state index contributed by atoms with van der Waals surface area (Å²) in [6.07, 6.45) is 10.9. The van der Waals surface area contributed by atoms with Crippen LogP contribution in [0.1, 0.15) is 88.4 Å². The van der Waals surface area contributed by atoms with Crippen molar-refractivity contribution in [3.05, 3.63) is 59.2 Å². The van der Waals surface area contributed by atoms with Crippen molar-refractivity contribution in [1.82, 2.24) is 4.90 Å². The first kappa shape index (κ1) is 26.4. The van der Waals surface area contributed by atoms with Crippen molar-refractivity contribution in [1.29, 1.82) is 0 Å². The first-order valence-electron chi connectivity index (χ1n) is 12.5. The van der Waals surface area contributed by atoms with Crippen LogP contribution in [0.3, 0.4) is 0 Å². The van der Waals surface area contributed by atoms with E-state index in [-0.39, 0.29) is 24.1 Å². The number of hydrogen-bond acceptors (Lipinski definition) is 4. The summed E-state index contributed by atoms with van der Waals surface area (Å²) in [5, 5.41) is 10.2. The Balaban J connectivity index is 0.00000306. The van der Waals surface area contributed by atoms with Gasteiger partial charge in [-0.25, -0.2) is 0 Å². The third-order valence-corrected chi connectivity index (χ3v) is 8.09. The average Bonchev–Trinajstić information content (AvgIpc) is 3.33. The molecular weight excluding hydrogens is 450 g/mol. The number of halogens is 1. The number of thioether (sulfide) groups is 1. The molecule has 0 aromatic heterocycles. The topological polar surface area (TPSA) is 32.7 Å². The second-order valence-corrected chi connectivity index (χ2v) is 11.5. The monoisotopic (exact) mass is 489 g/mol. The van der Waals surface area contributed by atoms with Gasteiger partial charge in [0.1, 0.15) is 5.75 Å². The molecule has 2 unspecified atom stereocenters. The molecule has 2 atom stereocenters. The Bertz CT molecular complexity index is 886. The van der Waals surface area contributed by atoms with Gasteiger partial charge in [-0.2, -0.15) is 0 Å². The van der Waals surface area contributed by atoms with E-state index in [1.807, 2.05) is 0 Å². The average molecular weight is 490 g/mol. The first-order valence-corrected chi connectivity index (χ1v) is 13.3. The molecule has 33 heavy (non-hydrogen) atoms. The molecule has 4 rings (SSSR count). The zero-order valence-electron chi connectivity index (χ0n) is 20.4. The molecule has 5 heteroatoms. The molecule has 0 aliphatic carbocycles. The number of ether oxygens (including phenoxy) is 1. The van der Waals surface area contributed by atoms with E-state index in [0.29, 0.717) is 12.1 Å². The summed E-state index contributed by atoms with van der Waals surface area (Å²) < 4.78 is 6.01. The fourth-order valence-corrected chi connectivity index (χ4v) is 6.29. The van der Waals surface area contributed by atoms with Crippen LogP contribution >= 0.6 is 24.2 Å². The SMILES string of the molecule is CCCCCCc1ccc(CCC2CCC(c3ccc4c(c3)SC(C)(C)O4)N2CO)cc1.Cl. The van der Waals surface area contributed by atoms with Gasteiger partial charge in [0, 0.05) is 12.1 Å². The van der Waals surface area contributed by atoms with Gasteiger partial charge in [-0.05, 0) is 81.2 Å². The maximum absolute atomic E-state index is 10.2. The highest BCUT2D eigenvalue weighted by Crippen LogP contribution is 2.49. The van der Waals surface area contributed by atoms with Crippen LogP contribution in [0.15, 0.2) is 47.4 Å². The Morgan fingerprint density at radius 1 is 1.00 bits per heavy atom. The van der Waals surface area contributed by atoms with E-state index in [9.17, 15) is 5.11 Å². The third-order valence-electron chi connectivity index (χ3n) is 6.98. The van der Waals surface area contributed by atoms with E-state index in [2.05, 4.69) is 68.1 Å². The molecule has 1 N–H and O–H groups in total. The molecule has 2 aliphatic rings. The first-order chi connectivity index (χ1) is 15.5. The number of aliphatic hydroxyl groups is 1. The van der Waals surface area contributed by atoms with Gasteiger partial charge in [-0.15, -0.1) is 12.4 Å². The van der Waals surface area contributed by atoms with Crippen LogP contribution in [0.25, 0.3) is 0 Å². The van der Waals surface area contributed by atoms with E-state index in [1.54, 1.807) is 11.8 Å². The number of rotatable bonds is 10. The second kappa shape index (κ2) is 12.0. The molecule has 1 fully saturated rings. The zero-order valence-corrected chi connectivity index (χ0v) is 22.0. The number of hydrogen-bond donors (Lipinski definition) is 1. The van der Waals surface area contributed by atoms with Crippen LogP contribution in [0.2, 0.25) is 0 Å². The van der Waals surface area contributed by atoms with E-state index in [1.165, 1.54) is 53.7 Å². The Morgan fingerprint density at radius 3 is 2.42 bits per heavy atom. The molecule has 182 valence electrons. The Kier molecular flexibility index (Phi) is 9.58. The molecule has 0 radical (unpaired) electrons. The van der Waals surface area contributed by atoms with E-state index in [4.69, 9.17) is 4.74 Å². The van der Waals surface area contributed by atoms with Crippen molar-refractivity contribution in [2.75, 3.05) is 6.73 Å². The highest BCUT2D eigenvalue weighted by Gasteiger charge is 2.36. The predicted octanol–water partition coefficient (Wildman–Crippen LogP) is 7.54. The van der Waals surface area contributed by atoms with E-state index >= 15 is 0 Å². The number of aliphatic hydroxyl groups excluding tert-OH is 1. The molecule has 2 aromatic rings. The Morgan fingerprint density at radius 2 is 1.73 bits per heavy atom. The van der Waals surface area contributed by atoms with E-state index < -0.39 is 0 Å².